The second-order valence-electron chi connectivity index (χ2n) is 6.73. The number of likely N-dealkylation sites (tertiary alicyclic amines) is 1. The molecule has 2 aliphatic heterocycles. The highest BCUT2D eigenvalue weighted by molar-refractivity contribution is 7.13. The minimum atomic E-state index is -0.278. The van der Waals surface area contributed by atoms with Crippen molar-refractivity contribution < 1.29 is 19.1 Å². The van der Waals surface area contributed by atoms with E-state index in [-0.39, 0.29) is 37.0 Å². The molecule has 3 amide bonds. The van der Waals surface area contributed by atoms with Gasteiger partial charge in [0.05, 0.1) is 0 Å². The van der Waals surface area contributed by atoms with E-state index in [1.807, 2.05) is 35.7 Å². The lowest BCUT2D eigenvalue weighted by molar-refractivity contribution is -0.162. The van der Waals surface area contributed by atoms with Crippen LogP contribution in [-0.4, -0.2) is 59.9 Å². The average Bonchev–Trinajstić information content (AvgIpc) is 3.23. The molecule has 0 spiro atoms. The summed E-state index contributed by atoms with van der Waals surface area (Å²) in [5.74, 6) is -0.564. The van der Waals surface area contributed by atoms with Crippen molar-refractivity contribution in [1.29, 1.82) is 0 Å². The third kappa shape index (κ3) is 3.65. The predicted octanol–water partition coefficient (Wildman–Crippen LogP) is 2.41. The number of hydrogen-bond acceptors (Lipinski definition) is 5. The quantitative estimate of drug-likeness (QED) is 0.762. The minimum absolute atomic E-state index is 0.00851. The van der Waals surface area contributed by atoms with E-state index >= 15 is 0 Å². The van der Waals surface area contributed by atoms with Crippen molar-refractivity contribution in [3.05, 3.63) is 47.3 Å². The summed E-state index contributed by atoms with van der Waals surface area (Å²) in [5, 5.41) is 2.03. The molecule has 0 aliphatic carbocycles. The molecule has 0 unspecified atom stereocenters. The van der Waals surface area contributed by atoms with Crippen molar-refractivity contribution in [1.82, 2.24) is 9.80 Å². The van der Waals surface area contributed by atoms with Crippen LogP contribution in [-0.2, 0) is 14.3 Å². The fraction of sp³-hybridized carbons (Fsp3) is 0.350. The molecule has 0 N–H and O–H groups in total. The summed E-state index contributed by atoms with van der Waals surface area (Å²) >= 11 is 1.67. The first kappa shape index (κ1) is 17.9. The van der Waals surface area contributed by atoms with Gasteiger partial charge in [0, 0.05) is 29.6 Å². The van der Waals surface area contributed by atoms with Gasteiger partial charge in [-0.2, -0.15) is 0 Å². The van der Waals surface area contributed by atoms with Gasteiger partial charge in [-0.25, -0.2) is 0 Å². The molecule has 7 heteroatoms. The summed E-state index contributed by atoms with van der Waals surface area (Å²) in [6, 6.07) is 11.6. The van der Waals surface area contributed by atoms with Crippen molar-refractivity contribution in [3.63, 3.8) is 0 Å². The Morgan fingerprint density at radius 1 is 1.00 bits per heavy atom. The Morgan fingerprint density at radius 3 is 2.26 bits per heavy atom. The largest absolute Gasteiger partial charge is 0.362 e. The zero-order valence-corrected chi connectivity index (χ0v) is 15.6. The van der Waals surface area contributed by atoms with Gasteiger partial charge in [0.15, 0.2) is 0 Å². The number of imide groups is 1. The Hall–Kier alpha value is -2.51. The van der Waals surface area contributed by atoms with Crippen LogP contribution in [0.25, 0.3) is 10.4 Å². The number of piperidine rings is 1. The number of thiophene rings is 1. The maximum absolute atomic E-state index is 12.8. The van der Waals surface area contributed by atoms with Crippen LogP contribution < -0.4 is 0 Å². The molecule has 0 atom stereocenters. The Labute approximate surface area is 161 Å². The van der Waals surface area contributed by atoms with E-state index in [1.54, 1.807) is 16.2 Å². The van der Waals surface area contributed by atoms with E-state index in [4.69, 9.17) is 4.74 Å². The van der Waals surface area contributed by atoms with Crippen molar-refractivity contribution in [2.75, 3.05) is 26.3 Å². The van der Waals surface area contributed by atoms with Crippen molar-refractivity contribution in [3.8, 4) is 10.4 Å². The summed E-state index contributed by atoms with van der Waals surface area (Å²) in [5.41, 5.74) is 1.76. The molecule has 0 saturated carbocycles. The first-order chi connectivity index (χ1) is 13.1. The van der Waals surface area contributed by atoms with Crippen LogP contribution in [0.2, 0.25) is 0 Å². The zero-order chi connectivity index (χ0) is 18.8. The van der Waals surface area contributed by atoms with E-state index in [2.05, 4.69) is 6.07 Å². The van der Waals surface area contributed by atoms with Gasteiger partial charge in [-0.3, -0.25) is 19.3 Å². The molecule has 2 saturated heterocycles. The van der Waals surface area contributed by atoms with Gasteiger partial charge >= 0.3 is 0 Å². The monoisotopic (exact) mass is 384 g/mol. The lowest BCUT2D eigenvalue weighted by Gasteiger charge is -2.38. The van der Waals surface area contributed by atoms with E-state index < -0.39 is 0 Å². The highest BCUT2D eigenvalue weighted by Gasteiger charge is 2.35. The van der Waals surface area contributed by atoms with Gasteiger partial charge in [0.25, 0.3) is 17.7 Å². The molecule has 0 radical (unpaired) electrons. The normalized spacial score (nSPS) is 18.8. The standard InChI is InChI=1S/C20H20N2O4S/c23-18-12-26-13-19(24)22(18)16-7-9-21(10-8-16)20(25)15-5-3-14(4-6-15)17-2-1-11-27-17/h1-6,11,16H,7-10,12-13H2. The number of hydrogen-bond donors (Lipinski definition) is 0. The second-order valence-corrected chi connectivity index (χ2v) is 7.68. The molecule has 4 rings (SSSR count). The van der Waals surface area contributed by atoms with Gasteiger partial charge in [0.1, 0.15) is 13.2 Å². The Kier molecular flexibility index (Phi) is 5.05. The third-order valence-corrected chi connectivity index (χ3v) is 5.96. The van der Waals surface area contributed by atoms with Gasteiger partial charge in [-0.1, -0.05) is 18.2 Å². The van der Waals surface area contributed by atoms with E-state index in [9.17, 15) is 14.4 Å². The molecule has 140 valence electrons. The van der Waals surface area contributed by atoms with Crippen LogP contribution >= 0.6 is 11.3 Å². The van der Waals surface area contributed by atoms with E-state index in [0.29, 0.717) is 31.5 Å². The predicted molar refractivity (Wildman–Crippen MR) is 101 cm³/mol. The summed E-state index contributed by atoms with van der Waals surface area (Å²) < 4.78 is 4.96. The molecule has 27 heavy (non-hydrogen) atoms. The first-order valence-electron chi connectivity index (χ1n) is 8.99. The number of rotatable bonds is 3. The number of ether oxygens (including phenoxy) is 1. The fourth-order valence-electron chi connectivity index (χ4n) is 3.64. The Balaban J connectivity index is 1.38. The van der Waals surface area contributed by atoms with Crippen LogP contribution in [0.3, 0.4) is 0 Å². The lowest BCUT2D eigenvalue weighted by atomic mass is 10.0. The summed E-state index contributed by atoms with van der Waals surface area (Å²) in [6.07, 6.45) is 1.22. The van der Waals surface area contributed by atoms with Crippen LogP contribution in [0.5, 0.6) is 0 Å². The molecule has 1 aromatic heterocycles. The van der Waals surface area contributed by atoms with Gasteiger partial charge in [-0.05, 0) is 42.0 Å². The van der Waals surface area contributed by atoms with Crippen LogP contribution in [0.15, 0.2) is 41.8 Å². The van der Waals surface area contributed by atoms with Crippen LogP contribution in [0, 0.1) is 0 Å². The average molecular weight is 384 g/mol. The summed E-state index contributed by atoms with van der Waals surface area (Å²) in [4.78, 5) is 41.0. The Bertz CT molecular complexity index is 823. The number of carbonyl (C=O) groups excluding carboxylic acids is 3. The minimum Gasteiger partial charge on any atom is -0.362 e. The van der Waals surface area contributed by atoms with Crippen molar-refractivity contribution in [2.45, 2.75) is 18.9 Å². The molecule has 0 bridgehead atoms. The smallest absolute Gasteiger partial charge is 0.255 e. The molecule has 2 aliphatic rings. The van der Waals surface area contributed by atoms with Crippen molar-refractivity contribution >= 4 is 29.1 Å². The highest BCUT2D eigenvalue weighted by atomic mass is 32.1. The maximum atomic E-state index is 12.8. The molecular formula is C20H20N2O4S. The van der Waals surface area contributed by atoms with Crippen molar-refractivity contribution in [2.24, 2.45) is 0 Å². The number of benzene rings is 1. The number of carbonyl (C=O) groups is 3. The second kappa shape index (κ2) is 7.62. The van der Waals surface area contributed by atoms with Gasteiger partial charge < -0.3 is 9.64 Å². The molecule has 2 aromatic rings. The fourth-order valence-corrected chi connectivity index (χ4v) is 4.37. The number of nitrogens with zero attached hydrogens (tertiary/aromatic N) is 2. The number of morpholine rings is 1. The molecule has 6 nitrogen and oxygen atoms in total. The SMILES string of the molecule is O=C(c1ccc(-c2cccs2)cc1)N1CCC(N2C(=O)COCC2=O)CC1. The van der Waals surface area contributed by atoms with Crippen LogP contribution in [0.1, 0.15) is 23.2 Å². The summed E-state index contributed by atoms with van der Waals surface area (Å²) in [6.45, 7) is 0.991. The Morgan fingerprint density at radius 2 is 1.67 bits per heavy atom. The van der Waals surface area contributed by atoms with E-state index in [1.165, 1.54) is 9.78 Å². The number of amides is 3. The lowest BCUT2D eigenvalue weighted by Crippen LogP contribution is -2.55. The van der Waals surface area contributed by atoms with Crippen LogP contribution in [0.4, 0.5) is 0 Å². The van der Waals surface area contributed by atoms with Gasteiger partial charge in [0.2, 0.25) is 0 Å². The highest BCUT2D eigenvalue weighted by Crippen LogP contribution is 2.26. The molecule has 2 fully saturated rings. The van der Waals surface area contributed by atoms with Gasteiger partial charge in [-0.15, -0.1) is 11.3 Å². The first-order valence-corrected chi connectivity index (χ1v) is 9.87. The zero-order valence-electron chi connectivity index (χ0n) is 14.8. The van der Waals surface area contributed by atoms with E-state index in [0.717, 1.165) is 5.56 Å². The third-order valence-electron chi connectivity index (χ3n) is 5.04. The maximum Gasteiger partial charge on any atom is 0.255 e. The molecule has 1 aromatic carbocycles. The summed E-state index contributed by atoms with van der Waals surface area (Å²) in [7, 11) is 0. The molecular weight excluding hydrogens is 364 g/mol. The topological polar surface area (TPSA) is 66.9 Å². The molecule has 3 heterocycles.